The van der Waals surface area contributed by atoms with Crippen LogP contribution in [0.1, 0.15) is 30.0 Å². The minimum Gasteiger partial charge on any atom is -0.493 e. The lowest BCUT2D eigenvalue weighted by Crippen LogP contribution is -2.38. The van der Waals surface area contributed by atoms with Crippen molar-refractivity contribution in [1.29, 1.82) is 0 Å². The molecule has 0 heterocycles. The molecule has 1 amide bonds. The molecule has 0 fully saturated rings. The van der Waals surface area contributed by atoms with Gasteiger partial charge in [0, 0.05) is 0 Å². The molecule has 0 saturated heterocycles. The summed E-state index contributed by atoms with van der Waals surface area (Å²) in [5.41, 5.74) is 3.30. The first-order valence-corrected chi connectivity index (χ1v) is 6.54. The van der Waals surface area contributed by atoms with Crippen LogP contribution in [0.2, 0.25) is 0 Å². The molecule has 2 N–H and O–H groups in total. The van der Waals surface area contributed by atoms with Gasteiger partial charge in [0.15, 0.2) is 0 Å². The predicted octanol–water partition coefficient (Wildman–Crippen LogP) is 1.97. The van der Waals surface area contributed by atoms with E-state index in [0.717, 1.165) is 22.4 Å². The van der Waals surface area contributed by atoms with E-state index >= 15 is 0 Å². The van der Waals surface area contributed by atoms with E-state index in [4.69, 9.17) is 9.84 Å². The van der Waals surface area contributed by atoms with Gasteiger partial charge in [0.2, 0.25) is 5.91 Å². The highest BCUT2D eigenvalue weighted by Gasteiger charge is 2.13. The van der Waals surface area contributed by atoms with Gasteiger partial charge in [-0.25, -0.2) is 0 Å². The minimum atomic E-state index is -1.05. The smallest absolute Gasteiger partial charge is 0.325 e. The summed E-state index contributed by atoms with van der Waals surface area (Å²) >= 11 is 0. The minimum absolute atomic E-state index is 0.129. The fourth-order valence-electron chi connectivity index (χ4n) is 1.78. The van der Waals surface area contributed by atoms with Crippen LogP contribution in [0.4, 0.5) is 0 Å². The molecule has 1 aromatic carbocycles. The van der Waals surface area contributed by atoms with Gasteiger partial charge in [-0.05, 0) is 50.5 Å². The number of aryl methyl sites for hydroxylation is 2. The third-order valence-corrected chi connectivity index (χ3v) is 3.10. The Morgan fingerprint density at radius 2 is 1.95 bits per heavy atom. The number of ether oxygens (including phenoxy) is 1. The molecule has 110 valence electrons. The molecule has 0 bridgehead atoms. The molecule has 0 aromatic heterocycles. The van der Waals surface area contributed by atoms with Crippen LogP contribution in [0.5, 0.6) is 5.75 Å². The number of carboxylic acid groups (broad SMARTS) is 1. The highest BCUT2D eigenvalue weighted by atomic mass is 16.5. The molecule has 20 heavy (non-hydrogen) atoms. The Labute approximate surface area is 118 Å². The number of rotatable bonds is 6. The molecule has 0 aliphatic heterocycles. The Kier molecular flexibility index (Phi) is 5.55. The van der Waals surface area contributed by atoms with Crippen molar-refractivity contribution in [1.82, 2.24) is 5.32 Å². The van der Waals surface area contributed by atoms with Crippen molar-refractivity contribution >= 4 is 11.9 Å². The second-order valence-electron chi connectivity index (χ2n) is 4.93. The van der Waals surface area contributed by atoms with Gasteiger partial charge in [0.05, 0.1) is 13.0 Å². The summed E-state index contributed by atoms with van der Waals surface area (Å²) < 4.78 is 5.60. The van der Waals surface area contributed by atoms with Crippen molar-refractivity contribution in [3.63, 3.8) is 0 Å². The number of hydrogen-bond acceptors (Lipinski definition) is 3. The van der Waals surface area contributed by atoms with Gasteiger partial charge in [0.25, 0.3) is 0 Å². The zero-order chi connectivity index (χ0) is 15.3. The SMILES string of the molecule is Cc1cc(C)c(C)c(OCCC(=O)NC(C)C(=O)O)c1. The zero-order valence-corrected chi connectivity index (χ0v) is 12.3. The highest BCUT2D eigenvalue weighted by Crippen LogP contribution is 2.23. The van der Waals surface area contributed by atoms with Gasteiger partial charge >= 0.3 is 5.97 Å². The van der Waals surface area contributed by atoms with Gasteiger partial charge in [-0.2, -0.15) is 0 Å². The molecule has 5 nitrogen and oxygen atoms in total. The molecule has 0 radical (unpaired) electrons. The van der Waals surface area contributed by atoms with Crippen LogP contribution in [0.15, 0.2) is 12.1 Å². The van der Waals surface area contributed by atoms with Crippen LogP contribution >= 0.6 is 0 Å². The Morgan fingerprint density at radius 1 is 1.30 bits per heavy atom. The average Bonchev–Trinajstić information content (AvgIpc) is 2.34. The van der Waals surface area contributed by atoms with E-state index < -0.39 is 12.0 Å². The molecule has 1 atom stereocenters. The van der Waals surface area contributed by atoms with E-state index in [1.54, 1.807) is 0 Å². The van der Waals surface area contributed by atoms with E-state index in [0.29, 0.717) is 0 Å². The van der Waals surface area contributed by atoms with Gasteiger partial charge in [0.1, 0.15) is 11.8 Å². The maximum absolute atomic E-state index is 11.5. The molecule has 0 saturated carbocycles. The Hall–Kier alpha value is -2.04. The van der Waals surface area contributed by atoms with Crippen LogP contribution in [-0.4, -0.2) is 29.6 Å². The first-order valence-electron chi connectivity index (χ1n) is 6.54. The van der Waals surface area contributed by atoms with Crippen molar-refractivity contribution in [2.45, 2.75) is 40.2 Å². The summed E-state index contributed by atoms with van der Waals surface area (Å²) in [6, 6.07) is 3.12. The summed E-state index contributed by atoms with van der Waals surface area (Å²) in [5.74, 6) is -0.618. The van der Waals surface area contributed by atoms with Gasteiger partial charge in [-0.1, -0.05) is 6.07 Å². The van der Waals surface area contributed by atoms with Crippen LogP contribution in [0.3, 0.4) is 0 Å². The second kappa shape index (κ2) is 6.93. The van der Waals surface area contributed by atoms with E-state index in [-0.39, 0.29) is 18.9 Å². The van der Waals surface area contributed by atoms with E-state index in [1.165, 1.54) is 6.92 Å². The second-order valence-corrected chi connectivity index (χ2v) is 4.93. The first kappa shape index (κ1) is 16.0. The summed E-state index contributed by atoms with van der Waals surface area (Å²) in [6.07, 6.45) is 0.129. The lowest BCUT2D eigenvalue weighted by molar-refractivity contribution is -0.141. The predicted molar refractivity (Wildman–Crippen MR) is 76.0 cm³/mol. The number of aliphatic carboxylic acids is 1. The molecular weight excluding hydrogens is 258 g/mol. The fraction of sp³-hybridized carbons (Fsp3) is 0.467. The summed E-state index contributed by atoms with van der Waals surface area (Å²) in [4.78, 5) is 22.1. The Balaban J connectivity index is 2.49. The van der Waals surface area contributed by atoms with Crippen molar-refractivity contribution in [2.24, 2.45) is 0 Å². The van der Waals surface area contributed by atoms with Gasteiger partial charge in [-0.3, -0.25) is 9.59 Å². The normalized spacial score (nSPS) is 11.8. The molecule has 0 spiro atoms. The number of amides is 1. The van der Waals surface area contributed by atoms with Crippen molar-refractivity contribution in [3.8, 4) is 5.75 Å². The number of carboxylic acids is 1. The van der Waals surface area contributed by atoms with Crippen LogP contribution in [0.25, 0.3) is 0 Å². The third-order valence-electron chi connectivity index (χ3n) is 3.10. The van der Waals surface area contributed by atoms with Gasteiger partial charge < -0.3 is 15.2 Å². The maximum Gasteiger partial charge on any atom is 0.325 e. The molecule has 1 unspecified atom stereocenters. The Bertz CT molecular complexity index is 511. The molecule has 5 heteroatoms. The molecule has 1 aromatic rings. The van der Waals surface area contributed by atoms with Crippen molar-refractivity contribution in [3.05, 3.63) is 28.8 Å². The highest BCUT2D eigenvalue weighted by molar-refractivity contribution is 5.83. The lowest BCUT2D eigenvalue weighted by Gasteiger charge is -2.13. The Morgan fingerprint density at radius 3 is 2.55 bits per heavy atom. The van der Waals surface area contributed by atoms with E-state index in [2.05, 4.69) is 11.4 Å². The quantitative estimate of drug-likeness (QED) is 0.834. The summed E-state index contributed by atoms with van der Waals surface area (Å²) in [6.45, 7) is 7.62. The lowest BCUT2D eigenvalue weighted by atomic mass is 10.1. The van der Waals surface area contributed by atoms with Crippen LogP contribution in [0, 0.1) is 20.8 Å². The van der Waals surface area contributed by atoms with E-state index in [9.17, 15) is 9.59 Å². The standard InChI is InChI=1S/C15H21NO4/c1-9-7-10(2)11(3)13(8-9)20-6-5-14(17)16-12(4)15(18)19/h7-8,12H,5-6H2,1-4H3,(H,16,17)(H,18,19). The number of carbonyl (C=O) groups excluding carboxylic acids is 1. The topological polar surface area (TPSA) is 75.6 Å². The number of benzene rings is 1. The first-order chi connectivity index (χ1) is 9.31. The monoisotopic (exact) mass is 279 g/mol. The zero-order valence-electron chi connectivity index (χ0n) is 12.3. The largest absolute Gasteiger partial charge is 0.493 e. The van der Waals surface area contributed by atoms with Crippen molar-refractivity contribution < 1.29 is 19.4 Å². The molecule has 1 rings (SSSR count). The van der Waals surface area contributed by atoms with Crippen LogP contribution in [-0.2, 0) is 9.59 Å². The number of nitrogens with one attached hydrogen (secondary N) is 1. The molecule has 0 aliphatic carbocycles. The maximum atomic E-state index is 11.5. The van der Waals surface area contributed by atoms with E-state index in [1.807, 2.05) is 26.8 Å². The number of hydrogen-bond donors (Lipinski definition) is 2. The summed E-state index contributed by atoms with van der Waals surface area (Å²) in [7, 11) is 0. The molecule has 0 aliphatic rings. The average molecular weight is 279 g/mol. The molecular formula is C15H21NO4. The van der Waals surface area contributed by atoms with Gasteiger partial charge in [-0.15, -0.1) is 0 Å². The van der Waals surface area contributed by atoms with Crippen LogP contribution < -0.4 is 10.1 Å². The number of carbonyl (C=O) groups is 2. The summed E-state index contributed by atoms with van der Waals surface area (Å²) in [5, 5.41) is 11.1. The third kappa shape index (κ3) is 4.57. The fourth-order valence-corrected chi connectivity index (χ4v) is 1.78. The van der Waals surface area contributed by atoms with Crippen molar-refractivity contribution in [2.75, 3.05) is 6.61 Å².